The average molecular weight is 385 g/mol. The van der Waals surface area contributed by atoms with E-state index in [9.17, 15) is 0 Å². The third-order valence-electron chi connectivity index (χ3n) is 5.45. The Kier molecular flexibility index (Phi) is 6.07. The van der Waals surface area contributed by atoms with Gasteiger partial charge in [-0.1, -0.05) is 30.3 Å². The van der Waals surface area contributed by atoms with E-state index in [1.165, 1.54) is 16.0 Å². The van der Waals surface area contributed by atoms with E-state index in [2.05, 4.69) is 61.9 Å². The number of guanidine groups is 1. The quantitative estimate of drug-likeness (QED) is 0.650. The molecule has 1 aromatic carbocycles. The summed E-state index contributed by atoms with van der Waals surface area (Å²) in [4.78, 5) is 10.9. The normalized spacial score (nSPS) is 19.6. The highest BCUT2D eigenvalue weighted by atomic mass is 32.1. The van der Waals surface area contributed by atoms with Crippen molar-refractivity contribution < 1.29 is 4.74 Å². The predicted molar refractivity (Wildman–Crippen MR) is 111 cm³/mol. The molecule has 1 unspecified atom stereocenters. The summed E-state index contributed by atoms with van der Waals surface area (Å²) in [6.07, 6.45) is 1.08. The van der Waals surface area contributed by atoms with Crippen LogP contribution in [0.5, 0.6) is 0 Å². The molecule has 0 aliphatic carbocycles. The maximum absolute atomic E-state index is 5.55. The molecule has 4 rings (SSSR count). The summed E-state index contributed by atoms with van der Waals surface area (Å²) < 4.78 is 5.55. The molecule has 1 aromatic heterocycles. The van der Waals surface area contributed by atoms with Gasteiger partial charge in [0.1, 0.15) is 0 Å². The smallest absolute Gasteiger partial charge is 0.194 e. The third kappa shape index (κ3) is 4.34. The highest BCUT2D eigenvalue weighted by Crippen LogP contribution is 2.26. The van der Waals surface area contributed by atoms with Crippen molar-refractivity contribution in [3.63, 3.8) is 0 Å². The Morgan fingerprint density at radius 2 is 1.96 bits per heavy atom. The highest BCUT2D eigenvalue weighted by Gasteiger charge is 2.25. The zero-order valence-corrected chi connectivity index (χ0v) is 16.8. The number of ether oxygens (including phenoxy) is 1. The van der Waals surface area contributed by atoms with Crippen LogP contribution in [-0.4, -0.2) is 62.2 Å². The van der Waals surface area contributed by atoms with E-state index in [1.807, 2.05) is 18.4 Å². The van der Waals surface area contributed by atoms with Crippen LogP contribution in [-0.2, 0) is 17.7 Å². The lowest BCUT2D eigenvalue weighted by atomic mass is 10.0. The predicted octanol–water partition coefficient (Wildman–Crippen LogP) is 2.76. The first kappa shape index (κ1) is 18.5. The molecule has 0 amide bonds. The molecular weight excluding hydrogens is 356 g/mol. The van der Waals surface area contributed by atoms with E-state index < -0.39 is 0 Å². The molecule has 2 aliphatic heterocycles. The fourth-order valence-electron chi connectivity index (χ4n) is 3.98. The number of nitrogens with one attached hydrogen (secondary N) is 1. The zero-order chi connectivity index (χ0) is 18.5. The van der Waals surface area contributed by atoms with E-state index in [1.54, 1.807) is 0 Å². The van der Waals surface area contributed by atoms with Gasteiger partial charge in [-0.2, -0.15) is 0 Å². The van der Waals surface area contributed by atoms with Crippen LogP contribution < -0.4 is 5.32 Å². The van der Waals surface area contributed by atoms with Crippen molar-refractivity contribution in [1.29, 1.82) is 0 Å². The second kappa shape index (κ2) is 8.87. The second-order valence-electron chi connectivity index (χ2n) is 7.05. The lowest BCUT2D eigenvalue weighted by Gasteiger charge is -2.36. The van der Waals surface area contributed by atoms with Gasteiger partial charge in [0.25, 0.3) is 0 Å². The number of fused-ring (bicyclic) bond motifs is 1. The van der Waals surface area contributed by atoms with E-state index in [-0.39, 0.29) is 0 Å². The van der Waals surface area contributed by atoms with Gasteiger partial charge in [0, 0.05) is 44.6 Å². The van der Waals surface area contributed by atoms with Crippen molar-refractivity contribution in [3.05, 3.63) is 57.8 Å². The molecule has 0 bridgehead atoms. The fraction of sp³-hybridized carbons (Fsp3) is 0.476. The van der Waals surface area contributed by atoms with Crippen LogP contribution in [0, 0.1) is 0 Å². The van der Waals surface area contributed by atoms with Gasteiger partial charge in [-0.15, -0.1) is 11.3 Å². The second-order valence-corrected chi connectivity index (χ2v) is 8.03. The number of benzene rings is 1. The third-order valence-corrected chi connectivity index (χ3v) is 6.43. The largest absolute Gasteiger partial charge is 0.379 e. The van der Waals surface area contributed by atoms with Crippen molar-refractivity contribution in [3.8, 4) is 0 Å². The average Bonchev–Trinajstić information content (AvgIpc) is 3.26. The monoisotopic (exact) mass is 384 g/mol. The van der Waals surface area contributed by atoms with Crippen LogP contribution in [0.25, 0.3) is 0 Å². The van der Waals surface area contributed by atoms with E-state index in [4.69, 9.17) is 4.74 Å². The van der Waals surface area contributed by atoms with Crippen LogP contribution in [0.3, 0.4) is 0 Å². The molecule has 1 fully saturated rings. The first-order valence-corrected chi connectivity index (χ1v) is 10.6. The number of aliphatic imine (C=N–C) groups is 1. The molecule has 2 aromatic rings. The summed E-state index contributed by atoms with van der Waals surface area (Å²) >= 11 is 1.83. The minimum atomic E-state index is 0.364. The molecule has 1 atom stereocenters. The lowest BCUT2D eigenvalue weighted by molar-refractivity contribution is 0.0176. The Bertz CT molecular complexity index is 755. The van der Waals surface area contributed by atoms with Crippen molar-refractivity contribution in [2.75, 3.05) is 46.4 Å². The number of hydrogen-bond donors (Lipinski definition) is 1. The van der Waals surface area contributed by atoms with Crippen molar-refractivity contribution in [2.45, 2.75) is 19.0 Å². The van der Waals surface area contributed by atoms with E-state index in [0.29, 0.717) is 6.04 Å². The molecule has 0 saturated carbocycles. The summed E-state index contributed by atoms with van der Waals surface area (Å²) in [5.41, 5.74) is 2.88. The molecule has 0 radical (unpaired) electrons. The molecule has 3 heterocycles. The van der Waals surface area contributed by atoms with Crippen molar-refractivity contribution in [1.82, 2.24) is 15.1 Å². The Balaban J connectivity index is 1.43. The van der Waals surface area contributed by atoms with Gasteiger partial charge in [-0.05, 0) is 29.0 Å². The summed E-state index contributed by atoms with van der Waals surface area (Å²) in [5, 5.41) is 5.82. The number of nitrogens with zero attached hydrogens (tertiary/aromatic N) is 3. The van der Waals surface area contributed by atoms with Gasteiger partial charge in [-0.25, -0.2) is 0 Å². The molecule has 0 spiro atoms. The Morgan fingerprint density at radius 1 is 1.15 bits per heavy atom. The molecule has 27 heavy (non-hydrogen) atoms. The highest BCUT2D eigenvalue weighted by molar-refractivity contribution is 7.10. The van der Waals surface area contributed by atoms with Crippen LogP contribution in [0.4, 0.5) is 0 Å². The van der Waals surface area contributed by atoms with Crippen LogP contribution >= 0.6 is 11.3 Å². The van der Waals surface area contributed by atoms with E-state index >= 15 is 0 Å². The van der Waals surface area contributed by atoms with Crippen molar-refractivity contribution in [2.24, 2.45) is 4.99 Å². The minimum absolute atomic E-state index is 0.364. The van der Waals surface area contributed by atoms with Gasteiger partial charge in [0.15, 0.2) is 5.96 Å². The zero-order valence-electron chi connectivity index (χ0n) is 15.9. The Labute approximate surface area is 165 Å². The van der Waals surface area contributed by atoms with Crippen LogP contribution in [0.1, 0.15) is 22.0 Å². The van der Waals surface area contributed by atoms with Crippen LogP contribution in [0.2, 0.25) is 0 Å². The van der Waals surface area contributed by atoms with Crippen molar-refractivity contribution >= 4 is 17.3 Å². The van der Waals surface area contributed by atoms with Crippen LogP contribution in [0.15, 0.2) is 46.8 Å². The van der Waals surface area contributed by atoms with Gasteiger partial charge in [0.05, 0.1) is 19.3 Å². The first-order valence-electron chi connectivity index (χ1n) is 9.72. The molecule has 1 N–H and O–H groups in total. The fourth-order valence-corrected chi connectivity index (χ4v) is 4.84. The minimum Gasteiger partial charge on any atom is -0.379 e. The van der Waals surface area contributed by atoms with Gasteiger partial charge >= 0.3 is 0 Å². The molecule has 6 heteroatoms. The lowest BCUT2D eigenvalue weighted by Crippen LogP contribution is -2.48. The first-order chi connectivity index (χ1) is 13.3. The number of morpholine rings is 1. The van der Waals surface area contributed by atoms with Gasteiger partial charge in [0.2, 0.25) is 0 Å². The molecular formula is C21H28N4OS. The maximum Gasteiger partial charge on any atom is 0.194 e. The summed E-state index contributed by atoms with van der Waals surface area (Å²) in [5.74, 6) is 0.999. The Hall–Kier alpha value is -1.89. The summed E-state index contributed by atoms with van der Waals surface area (Å²) in [6.45, 7) is 6.42. The summed E-state index contributed by atoms with van der Waals surface area (Å²) in [6, 6.07) is 13.5. The Morgan fingerprint density at radius 3 is 2.70 bits per heavy atom. The molecule has 1 saturated heterocycles. The number of rotatable bonds is 4. The topological polar surface area (TPSA) is 40.1 Å². The summed E-state index contributed by atoms with van der Waals surface area (Å²) in [7, 11) is 1.89. The van der Waals surface area contributed by atoms with Gasteiger partial charge < -0.3 is 15.0 Å². The van der Waals surface area contributed by atoms with E-state index in [0.717, 1.165) is 58.3 Å². The molecule has 2 aliphatic rings. The maximum atomic E-state index is 5.55. The number of hydrogen-bond acceptors (Lipinski definition) is 4. The molecule has 144 valence electrons. The van der Waals surface area contributed by atoms with Gasteiger partial charge in [-0.3, -0.25) is 9.89 Å². The number of thiophene rings is 1. The standard InChI is InChI=1S/C21H28N4OS/c1-22-21(25-9-8-17-5-2-3-6-18(17)16-25)23-15-19(20-7-4-14-27-20)24-10-12-26-13-11-24/h2-7,14,19H,8-13,15-16H2,1H3,(H,22,23). The molecule has 5 nitrogen and oxygen atoms in total. The SMILES string of the molecule is CN=C(NCC(c1cccs1)N1CCOCC1)N1CCc2ccccc2C1.